The van der Waals surface area contributed by atoms with Gasteiger partial charge in [-0.25, -0.2) is 9.50 Å². The SMILES string of the molecule is Cc1cc2nc(C(F)(F)F)nn2c(Cl)c1C(C)C. The second-order valence-electron chi connectivity index (χ2n) is 4.39. The van der Waals surface area contributed by atoms with Crippen molar-refractivity contribution in [3.63, 3.8) is 0 Å². The van der Waals surface area contributed by atoms with Gasteiger partial charge in [0.15, 0.2) is 5.65 Å². The number of rotatable bonds is 1. The van der Waals surface area contributed by atoms with E-state index >= 15 is 0 Å². The van der Waals surface area contributed by atoms with E-state index in [9.17, 15) is 13.2 Å². The van der Waals surface area contributed by atoms with Crippen molar-refractivity contribution in [3.8, 4) is 0 Å². The Morgan fingerprint density at radius 1 is 1.33 bits per heavy atom. The summed E-state index contributed by atoms with van der Waals surface area (Å²) in [5, 5.41) is 3.60. The Hall–Kier alpha value is -1.30. The second-order valence-corrected chi connectivity index (χ2v) is 4.75. The molecule has 0 aromatic carbocycles. The fourth-order valence-electron chi connectivity index (χ4n) is 1.92. The number of fused-ring (bicyclic) bond motifs is 1. The highest BCUT2D eigenvalue weighted by molar-refractivity contribution is 6.30. The van der Waals surface area contributed by atoms with Gasteiger partial charge in [-0.15, -0.1) is 5.10 Å². The first-order valence-corrected chi connectivity index (χ1v) is 5.72. The molecule has 0 saturated heterocycles. The number of hydrogen-bond donors (Lipinski definition) is 0. The van der Waals surface area contributed by atoms with Gasteiger partial charge in [-0.05, 0) is 30.0 Å². The van der Waals surface area contributed by atoms with Crippen LogP contribution in [0, 0.1) is 6.92 Å². The summed E-state index contributed by atoms with van der Waals surface area (Å²) >= 11 is 6.10. The quantitative estimate of drug-likeness (QED) is 0.742. The normalized spacial score (nSPS) is 12.7. The fourth-order valence-corrected chi connectivity index (χ4v) is 2.42. The topological polar surface area (TPSA) is 30.2 Å². The molecule has 0 N–H and O–H groups in total. The van der Waals surface area contributed by atoms with Crippen molar-refractivity contribution in [1.82, 2.24) is 14.6 Å². The minimum Gasteiger partial charge on any atom is -0.203 e. The molecule has 7 heteroatoms. The average Bonchev–Trinajstić information content (AvgIpc) is 2.60. The minimum atomic E-state index is -4.57. The van der Waals surface area contributed by atoms with Gasteiger partial charge in [0.05, 0.1) is 0 Å². The lowest BCUT2D eigenvalue weighted by Crippen LogP contribution is -2.08. The van der Waals surface area contributed by atoms with Crippen LogP contribution in [0.25, 0.3) is 5.65 Å². The Morgan fingerprint density at radius 3 is 2.44 bits per heavy atom. The molecule has 18 heavy (non-hydrogen) atoms. The van der Waals surface area contributed by atoms with Gasteiger partial charge in [-0.2, -0.15) is 13.2 Å². The van der Waals surface area contributed by atoms with Crippen LogP contribution in [0.2, 0.25) is 5.15 Å². The van der Waals surface area contributed by atoms with Crippen LogP contribution in [0.3, 0.4) is 0 Å². The van der Waals surface area contributed by atoms with Gasteiger partial charge in [0.2, 0.25) is 0 Å². The molecule has 0 spiro atoms. The second kappa shape index (κ2) is 4.12. The highest BCUT2D eigenvalue weighted by Gasteiger charge is 2.36. The van der Waals surface area contributed by atoms with Crippen LogP contribution >= 0.6 is 11.6 Å². The molecule has 0 aliphatic rings. The average molecular weight is 278 g/mol. The van der Waals surface area contributed by atoms with E-state index in [1.165, 1.54) is 0 Å². The van der Waals surface area contributed by atoms with Crippen molar-refractivity contribution < 1.29 is 13.2 Å². The lowest BCUT2D eigenvalue weighted by molar-refractivity contribution is -0.144. The number of alkyl halides is 3. The molecule has 3 nitrogen and oxygen atoms in total. The third-order valence-corrected chi connectivity index (χ3v) is 3.01. The molecular formula is C11H11ClF3N3. The van der Waals surface area contributed by atoms with Crippen molar-refractivity contribution in [2.45, 2.75) is 32.9 Å². The van der Waals surface area contributed by atoms with Crippen LogP contribution in [0.4, 0.5) is 13.2 Å². The zero-order valence-electron chi connectivity index (χ0n) is 10.0. The summed E-state index contributed by atoms with van der Waals surface area (Å²) in [6, 6.07) is 1.56. The summed E-state index contributed by atoms with van der Waals surface area (Å²) in [6.45, 7) is 5.63. The molecule has 98 valence electrons. The van der Waals surface area contributed by atoms with Crippen molar-refractivity contribution in [1.29, 1.82) is 0 Å². The number of hydrogen-bond acceptors (Lipinski definition) is 2. The van der Waals surface area contributed by atoms with Crippen LogP contribution in [-0.4, -0.2) is 14.6 Å². The molecule has 0 radical (unpaired) electrons. The number of aromatic nitrogens is 3. The minimum absolute atomic E-state index is 0.0976. The lowest BCUT2D eigenvalue weighted by atomic mass is 10.0. The van der Waals surface area contributed by atoms with Gasteiger partial charge in [-0.3, -0.25) is 0 Å². The smallest absolute Gasteiger partial charge is 0.203 e. The van der Waals surface area contributed by atoms with Crippen LogP contribution in [0.1, 0.15) is 36.7 Å². The number of nitrogens with zero attached hydrogens (tertiary/aromatic N) is 3. The molecule has 2 heterocycles. The third kappa shape index (κ3) is 2.05. The maximum atomic E-state index is 12.5. The molecule has 2 aromatic rings. The fraction of sp³-hybridized carbons (Fsp3) is 0.455. The van der Waals surface area contributed by atoms with E-state index in [0.29, 0.717) is 0 Å². The van der Waals surface area contributed by atoms with Crippen LogP contribution in [0.5, 0.6) is 0 Å². The van der Waals surface area contributed by atoms with Crippen molar-refractivity contribution >= 4 is 17.2 Å². The summed E-state index contributed by atoms with van der Waals surface area (Å²) in [7, 11) is 0. The van der Waals surface area contributed by atoms with E-state index in [1.807, 2.05) is 13.8 Å². The van der Waals surface area contributed by atoms with Crippen molar-refractivity contribution in [3.05, 3.63) is 28.2 Å². The van der Waals surface area contributed by atoms with E-state index in [0.717, 1.165) is 15.6 Å². The molecule has 0 bridgehead atoms. The molecular weight excluding hydrogens is 267 g/mol. The number of halogens is 4. The predicted octanol–water partition coefficient (Wildman–Crippen LogP) is 3.83. The van der Waals surface area contributed by atoms with E-state index < -0.39 is 12.0 Å². The Morgan fingerprint density at radius 2 is 1.94 bits per heavy atom. The first-order valence-electron chi connectivity index (χ1n) is 5.34. The van der Waals surface area contributed by atoms with Gasteiger partial charge in [0.25, 0.3) is 5.82 Å². The molecule has 0 unspecified atom stereocenters. The largest absolute Gasteiger partial charge is 0.453 e. The van der Waals surface area contributed by atoms with Gasteiger partial charge in [0, 0.05) is 0 Å². The molecule has 0 amide bonds. The highest BCUT2D eigenvalue weighted by atomic mass is 35.5. The first-order chi connectivity index (χ1) is 8.21. The molecule has 0 aliphatic heterocycles. The standard InChI is InChI=1S/C11H11ClF3N3/c1-5(2)8-6(3)4-7-16-10(11(13,14)15)17-18(7)9(8)12/h4-5H,1-3H3. The molecule has 0 aliphatic carbocycles. The van der Waals surface area contributed by atoms with Gasteiger partial charge < -0.3 is 0 Å². The third-order valence-electron chi connectivity index (χ3n) is 2.64. The van der Waals surface area contributed by atoms with E-state index in [-0.39, 0.29) is 16.7 Å². The molecule has 2 aromatic heterocycles. The van der Waals surface area contributed by atoms with Crippen LogP contribution in [-0.2, 0) is 6.18 Å². The Kier molecular flexibility index (Phi) is 3.01. The lowest BCUT2D eigenvalue weighted by Gasteiger charge is -2.12. The van der Waals surface area contributed by atoms with Crippen LogP contribution < -0.4 is 0 Å². The molecule has 0 fully saturated rings. The summed E-state index contributed by atoms with van der Waals surface area (Å²) in [6.07, 6.45) is -4.57. The molecule has 2 rings (SSSR count). The predicted molar refractivity (Wildman–Crippen MR) is 61.8 cm³/mol. The van der Waals surface area contributed by atoms with E-state index in [4.69, 9.17) is 11.6 Å². The summed E-state index contributed by atoms with van der Waals surface area (Å²) < 4.78 is 38.6. The van der Waals surface area contributed by atoms with E-state index in [2.05, 4.69) is 10.1 Å². The summed E-state index contributed by atoms with van der Waals surface area (Å²) in [5.74, 6) is -1.08. The Bertz CT molecular complexity index is 602. The Balaban J connectivity index is 2.75. The van der Waals surface area contributed by atoms with Gasteiger partial charge >= 0.3 is 6.18 Å². The maximum absolute atomic E-state index is 12.5. The van der Waals surface area contributed by atoms with Crippen molar-refractivity contribution in [2.75, 3.05) is 0 Å². The zero-order chi connectivity index (χ0) is 13.7. The van der Waals surface area contributed by atoms with Gasteiger partial charge in [-0.1, -0.05) is 25.4 Å². The number of aryl methyl sites for hydroxylation is 1. The Labute approximate surface area is 107 Å². The zero-order valence-corrected chi connectivity index (χ0v) is 10.8. The van der Waals surface area contributed by atoms with E-state index in [1.54, 1.807) is 13.0 Å². The summed E-state index contributed by atoms with van der Waals surface area (Å²) in [4.78, 5) is 3.45. The summed E-state index contributed by atoms with van der Waals surface area (Å²) in [5.41, 5.74) is 1.70. The highest BCUT2D eigenvalue weighted by Crippen LogP contribution is 2.31. The molecule has 0 atom stereocenters. The monoisotopic (exact) mass is 277 g/mol. The number of pyridine rings is 1. The molecule has 0 saturated carbocycles. The van der Waals surface area contributed by atoms with Crippen LogP contribution in [0.15, 0.2) is 6.07 Å². The maximum Gasteiger partial charge on any atom is 0.453 e. The van der Waals surface area contributed by atoms with Crippen molar-refractivity contribution in [2.24, 2.45) is 0 Å². The van der Waals surface area contributed by atoms with Gasteiger partial charge in [0.1, 0.15) is 5.15 Å². The first kappa shape index (κ1) is 13.1.